The molecule has 0 aliphatic heterocycles. The summed E-state index contributed by atoms with van der Waals surface area (Å²) in [4.78, 5) is 24.5. The van der Waals surface area contributed by atoms with Crippen molar-refractivity contribution in [3.05, 3.63) is 72.1 Å². The number of methoxy groups -OCH3 is 1. The number of carbonyl (C=O) groups excluding carboxylic acids is 2. The summed E-state index contributed by atoms with van der Waals surface area (Å²) in [6.07, 6.45) is 1.57. The third kappa shape index (κ3) is 3.96. The molecule has 29 heavy (non-hydrogen) atoms. The second-order valence-corrected chi connectivity index (χ2v) is 6.33. The number of aromatic nitrogens is 2. The first-order valence-electron chi connectivity index (χ1n) is 8.88. The molecule has 0 spiro atoms. The molecule has 0 aliphatic carbocycles. The van der Waals surface area contributed by atoms with Gasteiger partial charge in [-0.25, -0.2) is 0 Å². The number of amides is 2. The second kappa shape index (κ2) is 7.89. The van der Waals surface area contributed by atoms with Crippen molar-refractivity contribution in [3.8, 4) is 17.0 Å². The van der Waals surface area contributed by atoms with Crippen LogP contribution in [-0.4, -0.2) is 29.1 Å². The second-order valence-electron chi connectivity index (χ2n) is 6.33. The lowest BCUT2D eigenvalue weighted by atomic mass is 10.1. The lowest BCUT2D eigenvalue weighted by Gasteiger charge is -2.05. The van der Waals surface area contributed by atoms with Crippen molar-refractivity contribution in [2.24, 2.45) is 0 Å². The fourth-order valence-corrected chi connectivity index (χ4v) is 2.93. The van der Waals surface area contributed by atoms with Crippen molar-refractivity contribution in [1.82, 2.24) is 21.0 Å². The molecule has 8 heteroatoms. The molecule has 0 saturated heterocycles. The summed E-state index contributed by atoms with van der Waals surface area (Å²) in [7, 11) is 1.57. The number of furan rings is 1. The van der Waals surface area contributed by atoms with E-state index in [0.717, 1.165) is 10.9 Å². The van der Waals surface area contributed by atoms with E-state index in [1.807, 2.05) is 36.4 Å². The number of hydrogen-bond acceptors (Lipinski definition) is 5. The van der Waals surface area contributed by atoms with Crippen LogP contribution in [0.4, 0.5) is 0 Å². The van der Waals surface area contributed by atoms with Crippen molar-refractivity contribution >= 4 is 22.8 Å². The number of hydrogen-bond donors (Lipinski definition) is 3. The molecule has 3 N–H and O–H groups in total. The van der Waals surface area contributed by atoms with Crippen molar-refractivity contribution in [2.45, 2.75) is 6.42 Å². The van der Waals surface area contributed by atoms with Gasteiger partial charge in [0, 0.05) is 22.6 Å². The van der Waals surface area contributed by atoms with E-state index >= 15 is 0 Å². The predicted molar refractivity (Wildman–Crippen MR) is 106 cm³/mol. The van der Waals surface area contributed by atoms with Crippen LogP contribution in [0.15, 0.2) is 65.3 Å². The Morgan fingerprint density at radius 2 is 1.93 bits per heavy atom. The van der Waals surface area contributed by atoms with Crippen LogP contribution in [0.2, 0.25) is 0 Å². The van der Waals surface area contributed by atoms with Crippen molar-refractivity contribution < 1.29 is 18.7 Å². The Balaban J connectivity index is 1.36. The van der Waals surface area contributed by atoms with Gasteiger partial charge in [-0.05, 0) is 18.2 Å². The molecule has 2 amide bonds. The van der Waals surface area contributed by atoms with Gasteiger partial charge in [0.2, 0.25) is 5.91 Å². The van der Waals surface area contributed by atoms with Gasteiger partial charge in [-0.15, -0.1) is 0 Å². The number of ether oxygens (including phenoxy) is 1. The maximum atomic E-state index is 12.2. The molecule has 0 saturated carbocycles. The molecule has 8 nitrogen and oxygen atoms in total. The highest BCUT2D eigenvalue weighted by Crippen LogP contribution is 2.25. The molecule has 0 bridgehead atoms. The van der Waals surface area contributed by atoms with Gasteiger partial charge < -0.3 is 9.15 Å². The Bertz CT molecular complexity index is 1160. The molecule has 0 radical (unpaired) electrons. The highest BCUT2D eigenvalue weighted by atomic mass is 16.5. The van der Waals surface area contributed by atoms with Gasteiger partial charge in [0.15, 0.2) is 0 Å². The molecule has 0 aliphatic rings. The van der Waals surface area contributed by atoms with E-state index in [9.17, 15) is 9.59 Å². The average molecular weight is 390 g/mol. The summed E-state index contributed by atoms with van der Waals surface area (Å²) in [5, 5.41) is 7.60. The van der Waals surface area contributed by atoms with Gasteiger partial charge in [0.1, 0.15) is 17.0 Å². The third-order valence-corrected chi connectivity index (χ3v) is 4.42. The Morgan fingerprint density at radius 3 is 2.72 bits per heavy atom. The third-order valence-electron chi connectivity index (χ3n) is 4.42. The lowest BCUT2D eigenvalue weighted by Crippen LogP contribution is -2.42. The van der Waals surface area contributed by atoms with Gasteiger partial charge in [0.25, 0.3) is 5.91 Å². The highest BCUT2D eigenvalue weighted by molar-refractivity contribution is 5.95. The lowest BCUT2D eigenvalue weighted by molar-refractivity contribution is -0.121. The quantitative estimate of drug-likeness (QED) is 0.454. The maximum absolute atomic E-state index is 12.2. The van der Waals surface area contributed by atoms with Crippen LogP contribution in [0, 0.1) is 0 Å². The van der Waals surface area contributed by atoms with Crippen LogP contribution in [0.5, 0.6) is 5.75 Å². The zero-order valence-corrected chi connectivity index (χ0v) is 15.6. The molecule has 0 unspecified atom stereocenters. The van der Waals surface area contributed by atoms with E-state index in [0.29, 0.717) is 22.6 Å². The summed E-state index contributed by atoms with van der Waals surface area (Å²) in [6, 6.07) is 16.5. The number of H-pyrrole nitrogens is 1. The van der Waals surface area contributed by atoms with Crippen molar-refractivity contribution in [1.29, 1.82) is 0 Å². The normalized spacial score (nSPS) is 10.7. The average Bonchev–Trinajstić information content (AvgIpc) is 3.40. The van der Waals surface area contributed by atoms with E-state index in [-0.39, 0.29) is 18.0 Å². The Morgan fingerprint density at radius 1 is 1.10 bits per heavy atom. The van der Waals surface area contributed by atoms with E-state index in [1.165, 1.54) is 6.26 Å². The number of hydrazine groups is 1. The number of fused-ring (bicyclic) bond motifs is 1. The minimum absolute atomic E-state index is 0.0534. The number of nitrogens with one attached hydrogen (secondary N) is 3. The van der Waals surface area contributed by atoms with Crippen LogP contribution in [-0.2, 0) is 11.2 Å². The molecule has 4 rings (SSSR count). The number of aromatic amines is 1. The fraction of sp³-hybridized carbons (Fsp3) is 0.0952. The molecule has 0 fully saturated rings. The Hall–Kier alpha value is -4.07. The Labute approximate surface area is 165 Å². The maximum Gasteiger partial charge on any atom is 0.287 e. The minimum Gasteiger partial charge on any atom is -0.497 e. The monoisotopic (exact) mass is 390 g/mol. The van der Waals surface area contributed by atoms with Gasteiger partial charge in [0.05, 0.1) is 25.5 Å². The van der Waals surface area contributed by atoms with Crippen LogP contribution >= 0.6 is 0 Å². The number of carbonyl (C=O) groups is 2. The van der Waals surface area contributed by atoms with Crippen LogP contribution in [0.25, 0.3) is 22.2 Å². The molecule has 4 aromatic rings. The number of benzene rings is 2. The summed E-state index contributed by atoms with van der Waals surface area (Å²) in [5.41, 5.74) is 7.89. The van der Waals surface area contributed by atoms with Gasteiger partial charge in [-0.1, -0.05) is 30.3 Å². The van der Waals surface area contributed by atoms with Crippen LogP contribution in [0.3, 0.4) is 0 Å². The summed E-state index contributed by atoms with van der Waals surface area (Å²) >= 11 is 0. The molecule has 0 atom stereocenters. The highest BCUT2D eigenvalue weighted by Gasteiger charge is 2.14. The van der Waals surface area contributed by atoms with Crippen LogP contribution < -0.4 is 15.6 Å². The smallest absolute Gasteiger partial charge is 0.287 e. The van der Waals surface area contributed by atoms with Gasteiger partial charge in [-0.2, -0.15) is 5.10 Å². The van der Waals surface area contributed by atoms with Crippen LogP contribution in [0.1, 0.15) is 16.1 Å². The standard InChI is InChI=1S/C21H18N4O4/c1-28-15-7-8-16-14(12-29-19(16)10-15)9-20(26)24-25-21(27)18-11-17(22-23-18)13-5-3-2-4-6-13/h2-8,10-12H,9H2,1H3,(H,22,23)(H,24,26)(H,25,27). The first-order valence-corrected chi connectivity index (χ1v) is 8.88. The largest absolute Gasteiger partial charge is 0.497 e. The molecule has 2 heterocycles. The summed E-state index contributed by atoms with van der Waals surface area (Å²) in [5.74, 6) is -0.195. The van der Waals surface area contributed by atoms with E-state index in [2.05, 4.69) is 21.0 Å². The first kappa shape index (κ1) is 18.3. The predicted octanol–water partition coefficient (Wildman–Crippen LogP) is 2.84. The van der Waals surface area contributed by atoms with Gasteiger partial charge in [-0.3, -0.25) is 25.5 Å². The fourth-order valence-electron chi connectivity index (χ4n) is 2.93. The molecular formula is C21H18N4O4. The van der Waals surface area contributed by atoms with Crippen molar-refractivity contribution in [3.63, 3.8) is 0 Å². The molecular weight excluding hydrogens is 372 g/mol. The van der Waals surface area contributed by atoms with E-state index in [1.54, 1.807) is 25.3 Å². The minimum atomic E-state index is -0.491. The Kier molecular flexibility index (Phi) is 4.98. The number of rotatable bonds is 5. The van der Waals surface area contributed by atoms with Crippen molar-refractivity contribution in [2.75, 3.05) is 7.11 Å². The molecule has 146 valence electrons. The SMILES string of the molecule is COc1ccc2c(CC(=O)NNC(=O)c3cc(-c4ccccc4)n[nH]3)coc2c1. The first-order chi connectivity index (χ1) is 14.1. The molecule has 2 aromatic heterocycles. The zero-order chi connectivity index (χ0) is 20.2. The molecule has 2 aromatic carbocycles. The van der Waals surface area contributed by atoms with E-state index in [4.69, 9.17) is 9.15 Å². The number of nitrogens with zero attached hydrogens (tertiary/aromatic N) is 1. The zero-order valence-electron chi connectivity index (χ0n) is 15.6. The van der Waals surface area contributed by atoms with Gasteiger partial charge >= 0.3 is 0 Å². The summed E-state index contributed by atoms with van der Waals surface area (Å²) < 4.78 is 10.6. The van der Waals surface area contributed by atoms with E-state index < -0.39 is 5.91 Å². The topological polar surface area (TPSA) is 109 Å². The summed E-state index contributed by atoms with van der Waals surface area (Å²) in [6.45, 7) is 0.